The second kappa shape index (κ2) is 5.40. The van der Waals surface area contributed by atoms with Crippen molar-refractivity contribution in [2.75, 3.05) is 5.32 Å². The highest BCUT2D eigenvalue weighted by Crippen LogP contribution is 2.24. The predicted octanol–water partition coefficient (Wildman–Crippen LogP) is 1.87. The molecule has 5 nitrogen and oxygen atoms in total. The lowest BCUT2D eigenvalue weighted by atomic mass is 10.1. The number of ether oxygens (including phenoxy) is 1. The second-order valence-electron chi connectivity index (χ2n) is 4.79. The molecule has 0 aromatic heterocycles. The van der Waals surface area contributed by atoms with E-state index in [1.165, 1.54) is 0 Å². The number of benzene rings is 1. The number of rotatable bonds is 3. The zero-order valence-electron chi connectivity index (χ0n) is 11.0. The van der Waals surface area contributed by atoms with E-state index in [-0.39, 0.29) is 5.91 Å². The third kappa shape index (κ3) is 2.93. The van der Waals surface area contributed by atoms with Gasteiger partial charge in [0, 0.05) is 5.69 Å². The van der Waals surface area contributed by atoms with E-state index in [4.69, 9.17) is 9.84 Å². The molecule has 19 heavy (non-hydrogen) atoms. The van der Waals surface area contributed by atoms with Gasteiger partial charge in [0.1, 0.15) is 6.10 Å². The number of carbonyl (C=O) groups excluding carboxylic acids is 1. The standard InChI is InChI=1S/C14H17NO4/c1-8-4-3-5-9(2)12(8)15-13(16)10-6-7-11(19-10)14(17)18/h3-5,10-11H,6-7H2,1-2H3,(H,15,16)(H,17,18). The summed E-state index contributed by atoms with van der Waals surface area (Å²) in [7, 11) is 0. The number of para-hydroxylation sites is 1. The average Bonchev–Trinajstić information content (AvgIpc) is 2.83. The van der Waals surface area contributed by atoms with Crippen LogP contribution in [0.2, 0.25) is 0 Å². The molecule has 102 valence electrons. The maximum Gasteiger partial charge on any atom is 0.332 e. The molecule has 1 aromatic carbocycles. The van der Waals surface area contributed by atoms with E-state index in [9.17, 15) is 9.59 Å². The first-order chi connectivity index (χ1) is 8.99. The zero-order chi connectivity index (χ0) is 14.0. The summed E-state index contributed by atoms with van der Waals surface area (Å²) in [6.07, 6.45) is -0.734. The van der Waals surface area contributed by atoms with Crippen LogP contribution in [0.5, 0.6) is 0 Å². The summed E-state index contributed by atoms with van der Waals surface area (Å²) in [5.41, 5.74) is 2.72. The van der Waals surface area contributed by atoms with Crippen LogP contribution in [0, 0.1) is 13.8 Å². The van der Waals surface area contributed by atoms with Gasteiger partial charge in [0.05, 0.1) is 0 Å². The molecule has 2 unspecified atom stereocenters. The van der Waals surface area contributed by atoms with Crippen LogP contribution in [0.4, 0.5) is 5.69 Å². The van der Waals surface area contributed by atoms with Gasteiger partial charge in [-0.15, -0.1) is 0 Å². The minimum Gasteiger partial charge on any atom is -0.479 e. The van der Waals surface area contributed by atoms with Crippen molar-refractivity contribution < 1.29 is 19.4 Å². The summed E-state index contributed by atoms with van der Waals surface area (Å²) in [5.74, 6) is -1.29. The topological polar surface area (TPSA) is 75.6 Å². The van der Waals surface area contributed by atoms with Gasteiger partial charge in [0.2, 0.25) is 0 Å². The van der Waals surface area contributed by atoms with Crippen molar-refractivity contribution in [2.45, 2.75) is 38.9 Å². The maximum atomic E-state index is 12.1. The van der Waals surface area contributed by atoms with E-state index in [2.05, 4.69) is 5.32 Å². The van der Waals surface area contributed by atoms with Crippen LogP contribution < -0.4 is 5.32 Å². The third-order valence-corrected chi connectivity index (χ3v) is 3.32. The van der Waals surface area contributed by atoms with Crippen molar-refractivity contribution in [1.29, 1.82) is 0 Å². The van der Waals surface area contributed by atoms with Crippen LogP contribution in [0.15, 0.2) is 18.2 Å². The van der Waals surface area contributed by atoms with Gasteiger partial charge >= 0.3 is 5.97 Å². The Morgan fingerprint density at radius 2 is 1.79 bits per heavy atom. The molecule has 0 spiro atoms. The van der Waals surface area contributed by atoms with Crippen LogP contribution in [-0.2, 0) is 14.3 Å². The van der Waals surface area contributed by atoms with Crippen LogP contribution in [-0.4, -0.2) is 29.2 Å². The largest absolute Gasteiger partial charge is 0.479 e. The van der Waals surface area contributed by atoms with Gasteiger partial charge in [-0.3, -0.25) is 4.79 Å². The number of anilines is 1. The minimum absolute atomic E-state index is 0.277. The lowest BCUT2D eigenvalue weighted by molar-refractivity contribution is -0.150. The number of carboxylic acid groups (broad SMARTS) is 1. The van der Waals surface area contributed by atoms with Crippen molar-refractivity contribution in [1.82, 2.24) is 0 Å². The minimum atomic E-state index is -1.01. The molecular weight excluding hydrogens is 246 g/mol. The highest BCUT2D eigenvalue weighted by molar-refractivity contribution is 5.96. The molecule has 0 aliphatic carbocycles. The van der Waals surface area contributed by atoms with Crippen molar-refractivity contribution in [3.8, 4) is 0 Å². The SMILES string of the molecule is Cc1cccc(C)c1NC(=O)C1CCC(C(=O)O)O1. The van der Waals surface area contributed by atoms with Gasteiger partial charge < -0.3 is 15.2 Å². The highest BCUT2D eigenvalue weighted by atomic mass is 16.5. The molecule has 1 saturated heterocycles. The quantitative estimate of drug-likeness (QED) is 0.873. The predicted molar refractivity (Wildman–Crippen MR) is 70.1 cm³/mol. The van der Waals surface area contributed by atoms with Gasteiger partial charge in [-0.1, -0.05) is 18.2 Å². The van der Waals surface area contributed by atoms with Crippen molar-refractivity contribution in [3.05, 3.63) is 29.3 Å². The summed E-state index contributed by atoms with van der Waals surface area (Å²) in [4.78, 5) is 22.8. The van der Waals surface area contributed by atoms with E-state index in [1.807, 2.05) is 32.0 Å². The second-order valence-corrected chi connectivity index (χ2v) is 4.79. The van der Waals surface area contributed by atoms with Crippen molar-refractivity contribution in [2.24, 2.45) is 0 Å². The van der Waals surface area contributed by atoms with E-state index >= 15 is 0 Å². The van der Waals surface area contributed by atoms with Crippen molar-refractivity contribution >= 4 is 17.6 Å². The fraction of sp³-hybridized carbons (Fsp3) is 0.429. The molecule has 1 aliphatic heterocycles. The number of hydrogen-bond donors (Lipinski definition) is 2. The Balaban J connectivity index is 2.04. The van der Waals surface area contributed by atoms with E-state index in [0.717, 1.165) is 16.8 Å². The number of aliphatic carboxylic acids is 1. The molecule has 1 heterocycles. The van der Waals surface area contributed by atoms with E-state index in [0.29, 0.717) is 12.8 Å². The molecule has 5 heteroatoms. The van der Waals surface area contributed by atoms with Gasteiger partial charge in [-0.25, -0.2) is 4.79 Å². The van der Waals surface area contributed by atoms with Crippen LogP contribution >= 0.6 is 0 Å². The zero-order valence-corrected chi connectivity index (χ0v) is 11.0. The first-order valence-electron chi connectivity index (χ1n) is 6.24. The van der Waals surface area contributed by atoms with Gasteiger partial charge in [0.25, 0.3) is 5.91 Å². The Labute approximate surface area is 111 Å². The van der Waals surface area contributed by atoms with Crippen molar-refractivity contribution in [3.63, 3.8) is 0 Å². The Kier molecular flexibility index (Phi) is 3.85. The van der Waals surface area contributed by atoms with Gasteiger partial charge in [0.15, 0.2) is 6.10 Å². The number of aryl methyl sites for hydroxylation is 2. The van der Waals surface area contributed by atoms with Gasteiger partial charge in [-0.2, -0.15) is 0 Å². The summed E-state index contributed by atoms with van der Waals surface area (Å²) in [6, 6.07) is 5.75. The number of hydrogen-bond acceptors (Lipinski definition) is 3. The summed E-state index contributed by atoms with van der Waals surface area (Å²) >= 11 is 0. The molecule has 1 aliphatic rings. The number of carbonyl (C=O) groups is 2. The van der Waals surface area contributed by atoms with Crippen LogP contribution in [0.25, 0.3) is 0 Å². The van der Waals surface area contributed by atoms with Crippen LogP contribution in [0.1, 0.15) is 24.0 Å². The van der Waals surface area contributed by atoms with E-state index < -0.39 is 18.2 Å². The fourth-order valence-electron chi connectivity index (χ4n) is 2.23. The molecule has 0 radical (unpaired) electrons. The molecule has 2 rings (SSSR count). The molecule has 0 saturated carbocycles. The molecule has 2 atom stereocenters. The Hall–Kier alpha value is -1.88. The lowest BCUT2D eigenvalue weighted by Crippen LogP contribution is -2.30. The average molecular weight is 263 g/mol. The van der Waals surface area contributed by atoms with Crippen LogP contribution in [0.3, 0.4) is 0 Å². The molecule has 1 aromatic rings. The number of nitrogens with one attached hydrogen (secondary N) is 1. The molecule has 1 amide bonds. The number of carboxylic acids is 1. The van der Waals surface area contributed by atoms with Gasteiger partial charge in [-0.05, 0) is 37.8 Å². The lowest BCUT2D eigenvalue weighted by Gasteiger charge is -2.15. The summed E-state index contributed by atoms with van der Waals surface area (Å²) in [5, 5.41) is 11.7. The Bertz CT molecular complexity index is 492. The summed E-state index contributed by atoms with van der Waals surface area (Å²) in [6.45, 7) is 3.83. The Morgan fingerprint density at radius 3 is 2.32 bits per heavy atom. The molecule has 2 N–H and O–H groups in total. The first kappa shape index (κ1) is 13.5. The smallest absolute Gasteiger partial charge is 0.332 e. The molecule has 0 bridgehead atoms. The first-order valence-corrected chi connectivity index (χ1v) is 6.24. The monoisotopic (exact) mass is 263 g/mol. The van der Waals surface area contributed by atoms with E-state index in [1.54, 1.807) is 0 Å². The fourth-order valence-corrected chi connectivity index (χ4v) is 2.23. The molecular formula is C14H17NO4. The third-order valence-electron chi connectivity index (χ3n) is 3.32. The summed E-state index contributed by atoms with van der Waals surface area (Å²) < 4.78 is 5.23. The molecule has 1 fully saturated rings. The normalized spacial score (nSPS) is 22.2. The maximum absolute atomic E-state index is 12.1. The number of amides is 1. The Morgan fingerprint density at radius 1 is 1.21 bits per heavy atom. The highest BCUT2D eigenvalue weighted by Gasteiger charge is 2.34.